The number of benzene rings is 2. The Kier molecular flexibility index (Phi) is 10.9. The SMILES string of the molecule is COc1ccc(C(=O)N(CC(=O)Nc2nc(CC(=O)N(C)CCc3ccc(OC)c(OC)c3)cs2)C(C)C)cc1. The molecule has 0 saturated carbocycles. The average Bonchev–Trinajstić information content (AvgIpc) is 3.39. The molecule has 11 heteroatoms. The standard InChI is InChI=1S/C29H36N4O6S/c1-19(2)33(28(36)21-8-10-23(37-4)11-9-21)17-26(34)31-29-30-22(18-40-29)16-27(35)32(3)14-13-20-7-12-24(38-5)25(15-20)39-6/h7-12,15,18-19H,13-14,16-17H2,1-6H3,(H,30,31,34). The van der Waals surface area contributed by atoms with Crippen molar-refractivity contribution in [2.45, 2.75) is 32.7 Å². The summed E-state index contributed by atoms with van der Waals surface area (Å²) >= 11 is 1.24. The number of methoxy groups -OCH3 is 3. The highest BCUT2D eigenvalue weighted by Gasteiger charge is 2.22. The van der Waals surface area contributed by atoms with Crippen LogP contribution < -0.4 is 19.5 Å². The van der Waals surface area contributed by atoms with Crippen molar-refractivity contribution in [3.8, 4) is 17.2 Å². The molecule has 3 amide bonds. The quantitative estimate of drug-likeness (QED) is 0.333. The van der Waals surface area contributed by atoms with E-state index in [-0.39, 0.29) is 36.7 Å². The Morgan fingerprint density at radius 1 is 0.975 bits per heavy atom. The van der Waals surface area contributed by atoms with E-state index in [1.165, 1.54) is 16.2 Å². The molecule has 1 N–H and O–H groups in total. The molecule has 40 heavy (non-hydrogen) atoms. The molecule has 0 unspecified atom stereocenters. The van der Waals surface area contributed by atoms with E-state index in [4.69, 9.17) is 14.2 Å². The molecule has 1 aromatic heterocycles. The molecule has 0 radical (unpaired) electrons. The van der Waals surface area contributed by atoms with Crippen LogP contribution in [0.3, 0.4) is 0 Å². The fourth-order valence-electron chi connectivity index (χ4n) is 3.89. The topological polar surface area (TPSA) is 110 Å². The third-order valence-electron chi connectivity index (χ3n) is 6.28. The van der Waals surface area contributed by atoms with Crippen LogP contribution in [0.5, 0.6) is 17.2 Å². The molecule has 3 rings (SSSR count). The summed E-state index contributed by atoms with van der Waals surface area (Å²) in [5.41, 5.74) is 2.06. The minimum absolute atomic E-state index is 0.0836. The van der Waals surface area contributed by atoms with Crippen LogP contribution >= 0.6 is 11.3 Å². The van der Waals surface area contributed by atoms with Crippen LogP contribution in [0.15, 0.2) is 47.8 Å². The lowest BCUT2D eigenvalue weighted by molar-refractivity contribution is -0.129. The van der Waals surface area contributed by atoms with Crippen LogP contribution in [-0.4, -0.2) is 80.0 Å². The van der Waals surface area contributed by atoms with Gasteiger partial charge in [0.1, 0.15) is 12.3 Å². The number of nitrogens with one attached hydrogen (secondary N) is 1. The summed E-state index contributed by atoms with van der Waals surface area (Å²) in [4.78, 5) is 46.1. The molecule has 0 aliphatic carbocycles. The number of carbonyl (C=O) groups excluding carboxylic acids is 3. The summed E-state index contributed by atoms with van der Waals surface area (Å²) < 4.78 is 15.8. The molecule has 0 aliphatic rings. The molecule has 0 saturated heterocycles. The van der Waals surface area contributed by atoms with Crippen LogP contribution in [0.25, 0.3) is 0 Å². The van der Waals surface area contributed by atoms with Crippen LogP contribution in [0, 0.1) is 0 Å². The number of amides is 3. The molecular formula is C29H36N4O6S. The van der Waals surface area contributed by atoms with Crippen molar-refractivity contribution in [2.75, 3.05) is 46.8 Å². The second kappa shape index (κ2) is 14.3. The minimum Gasteiger partial charge on any atom is -0.497 e. The summed E-state index contributed by atoms with van der Waals surface area (Å²) in [5, 5.41) is 4.87. The first kappa shape index (κ1) is 30.4. The number of carbonyl (C=O) groups is 3. The van der Waals surface area contributed by atoms with E-state index in [2.05, 4.69) is 10.3 Å². The fourth-order valence-corrected chi connectivity index (χ4v) is 4.62. The molecule has 0 atom stereocenters. The Balaban J connectivity index is 1.52. The zero-order chi connectivity index (χ0) is 29.2. The Labute approximate surface area is 238 Å². The lowest BCUT2D eigenvalue weighted by atomic mass is 10.1. The first-order valence-electron chi connectivity index (χ1n) is 12.8. The highest BCUT2D eigenvalue weighted by molar-refractivity contribution is 7.13. The second-order valence-corrected chi connectivity index (χ2v) is 10.2. The molecule has 1 heterocycles. The van der Waals surface area contributed by atoms with E-state index in [1.807, 2.05) is 32.0 Å². The number of rotatable bonds is 13. The highest BCUT2D eigenvalue weighted by Crippen LogP contribution is 2.27. The summed E-state index contributed by atoms with van der Waals surface area (Å²) in [6, 6.07) is 12.2. The Morgan fingerprint density at radius 2 is 1.68 bits per heavy atom. The van der Waals surface area contributed by atoms with Gasteiger partial charge in [-0.25, -0.2) is 4.98 Å². The smallest absolute Gasteiger partial charge is 0.254 e. The van der Waals surface area contributed by atoms with E-state index in [0.29, 0.717) is 46.6 Å². The predicted octanol–water partition coefficient (Wildman–Crippen LogP) is 3.90. The van der Waals surface area contributed by atoms with Crippen molar-refractivity contribution in [1.82, 2.24) is 14.8 Å². The van der Waals surface area contributed by atoms with Gasteiger partial charge in [-0.1, -0.05) is 6.07 Å². The predicted molar refractivity (Wildman–Crippen MR) is 155 cm³/mol. The lowest BCUT2D eigenvalue weighted by Gasteiger charge is -2.26. The number of hydrogen-bond donors (Lipinski definition) is 1. The number of aromatic nitrogens is 1. The normalized spacial score (nSPS) is 10.7. The van der Waals surface area contributed by atoms with Gasteiger partial charge in [0, 0.05) is 30.6 Å². The zero-order valence-electron chi connectivity index (χ0n) is 23.7. The zero-order valence-corrected chi connectivity index (χ0v) is 24.5. The Hall–Kier alpha value is -4.12. The lowest BCUT2D eigenvalue weighted by Crippen LogP contribution is -2.42. The molecule has 0 bridgehead atoms. The minimum atomic E-state index is -0.366. The largest absolute Gasteiger partial charge is 0.497 e. The first-order valence-corrected chi connectivity index (χ1v) is 13.7. The van der Waals surface area contributed by atoms with Crippen LogP contribution in [0.2, 0.25) is 0 Å². The maximum Gasteiger partial charge on any atom is 0.254 e. The van der Waals surface area contributed by atoms with Gasteiger partial charge in [0.05, 0.1) is 33.4 Å². The van der Waals surface area contributed by atoms with Gasteiger partial charge in [-0.3, -0.25) is 14.4 Å². The van der Waals surface area contributed by atoms with Crippen molar-refractivity contribution in [1.29, 1.82) is 0 Å². The number of likely N-dealkylation sites (N-methyl/N-ethyl adjacent to an activating group) is 1. The number of ether oxygens (including phenoxy) is 3. The molecule has 0 spiro atoms. The number of nitrogens with zero attached hydrogens (tertiary/aromatic N) is 3. The van der Waals surface area contributed by atoms with E-state index < -0.39 is 0 Å². The molecule has 214 valence electrons. The highest BCUT2D eigenvalue weighted by atomic mass is 32.1. The van der Waals surface area contributed by atoms with E-state index in [9.17, 15) is 14.4 Å². The molecule has 0 fully saturated rings. The number of thiazole rings is 1. The third kappa shape index (κ3) is 8.19. The van der Waals surface area contributed by atoms with E-state index in [1.54, 1.807) is 62.9 Å². The summed E-state index contributed by atoms with van der Waals surface area (Å²) in [6.07, 6.45) is 0.769. The molecular weight excluding hydrogens is 532 g/mol. The van der Waals surface area contributed by atoms with Gasteiger partial charge in [0.15, 0.2) is 16.6 Å². The third-order valence-corrected chi connectivity index (χ3v) is 7.08. The number of anilines is 1. The van der Waals surface area contributed by atoms with Gasteiger partial charge in [0.25, 0.3) is 5.91 Å². The summed E-state index contributed by atoms with van der Waals surface area (Å²) in [5.74, 6) is 1.24. The van der Waals surface area contributed by atoms with Crippen LogP contribution in [-0.2, 0) is 22.4 Å². The van der Waals surface area contributed by atoms with E-state index >= 15 is 0 Å². The number of hydrogen-bond acceptors (Lipinski definition) is 8. The van der Waals surface area contributed by atoms with Gasteiger partial charge in [0.2, 0.25) is 11.8 Å². The Morgan fingerprint density at radius 3 is 2.30 bits per heavy atom. The first-order chi connectivity index (χ1) is 19.1. The summed E-state index contributed by atoms with van der Waals surface area (Å²) in [7, 11) is 6.48. The van der Waals surface area contributed by atoms with Crippen LogP contribution in [0.1, 0.15) is 35.5 Å². The average molecular weight is 569 g/mol. The molecule has 10 nitrogen and oxygen atoms in total. The van der Waals surface area contributed by atoms with Crippen molar-refractivity contribution in [3.05, 3.63) is 64.7 Å². The van der Waals surface area contributed by atoms with Crippen molar-refractivity contribution in [3.63, 3.8) is 0 Å². The van der Waals surface area contributed by atoms with Gasteiger partial charge in [-0.15, -0.1) is 11.3 Å². The van der Waals surface area contributed by atoms with Gasteiger partial charge >= 0.3 is 0 Å². The van der Waals surface area contributed by atoms with Gasteiger partial charge in [-0.05, 0) is 62.2 Å². The maximum atomic E-state index is 13.0. The fraction of sp³-hybridized carbons (Fsp3) is 0.379. The van der Waals surface area contributed by atoms with Gasteiger partial charge in [-0.2, -0.15) is 0 Å². The summed E-state index contributed by atoms with van der Waals surface area (Å²) in [6.45, 7) is 4.09. The van der Waals surface area contributed by atoms with Crippen molar-refractivity contribution >= 4 is 34.2 Å². The Bertz CT molecular complexity index is 1310. The molecule has 2 aromatic carbocycles. The van der Waals surface area contributed by atoms with Crippen LogP contribution in [0.4, 0.5) is 5.13 Å². The second-order valence-electron chi connectivity index (χ2n) is 9.38. The molecule has 0 aliphatic heterocycles. The van der Waals surface area contributed by atoms with Crippen molar-refractivity contribution in [2.24, 2.45) is 0 Å². The molecule has 3 aromatic rings. The van der Waals surface area contributed by atoms with Crippen molar-refractivity contribution < 1.29 is 28.6 Å². The monoisotopic (exact) mass is 568 g/mol. The van der Waals surface area contributed by atoms with Gasteiger partial charge < -0.3 is 29.3 Å². The maximum absolute atomic E-state index is 13.0. The van der Waals surface area contributed by atoms with E-state index in [0.717, 1.165) is 5.56 Å².